The number of methoxy groups -OCH3 is 1. The number of hydrazone groups is 1. The summed E-state index contributed by atoms with van der Waals surface area (Å²) in [5.74, 6) is -0.161. The number of ether oxygens (including phenoxy) is 1. The molecule has 2 N–H and O–H groups in total. The van der Waals surface area contributed by atoms with Gasteiger partial charge in [0.15, 0.2) is 5.75 Å². The molecule has 8 heteroatoms. The van der Waals surface area contributed by atoms with Gasteiger partial charge in [-0.05, 0) is 38.1 Å². The fourth-order valence-electron chi connectivity index (χ4n) is 2.16. The zero-order chi connectivity index (χ0) is 19.1. The molecule has 0 saturated heterocycles. The van der Waals surface area contributed by atoms with Crippen molar-refractivity contribution in [2.75, 3.05) is 19.0 Å². The Balaban J connectivity index is 1.98. The second-order valence-corrected chi connectivity index (χ2v) is 5.60. The molecule has 136 valence electrons. The molecule has 0 aliphatic carbocycles. The summed E-state index contributed by atoms with van der Waals surface area (Å²) in [4.78, 5) is 22.4. The van der Waals surface area contributed by atoms with Gasteiger partial charge in [-0.1, -0.05) is 17.7 Å². The predicted molar refractivity (Wildman–Crippen MR) is 99.7 cm³/mol. The summed E-state index contributed by atoms with van der Waals surface area (Å²) in [7, 11) is 1.37. The second kappa shape index (κ2) is 8.61. The van der Waals surface area contributed by atoms with E-state index in [1.807, 2.05) is 31.2 Å². The fraction of sp³-hybridized carbons (Fsp3) is 0.222. The third-order valence-electron chi connectivity index (χ3n) is 3.65. The molecule has 2 aromatic rings. The Morgan fingerprint density at radius 3 is 2.54 bits per heavy atom. The van der Waals surface area contributed by atoms with Crippen LogP contribution in [0.2, 0.25) is 0 Å². The third-order valence-corrected chi connectivity index (χ3v) is 3.65. The molecule has 0 saturated carbocycles. The van der Waals surface area contributed by atoms with Crippen molar-refractivity contribution in [3.63, 3.8) is 0 Å². The van der Waals surface area contributed by atoms with Crippen LogP contribution in [0.5, 0.6) is 5.75 Å². The highest BCUT2D eigenvalue weighted by atomic mass is 16.6. The summed E-state index contributed by atoms with van der Waals surface area (Å²) in [5.41, 5.74) is 5.19. The first-order chi connectivity index (χ1) is 12.4. The molecule has 0 fully saturated rings. The maximum Gasteiger partial charge on any atom is 0.311 e. The highest BCUT2D eigenvalue weighted by Crippen LogP contribution is 2.27. The van der Waals surface area contributed by atoms with E-state index in [4.69, 9.17) is 4.74 Å². The molecule has 0 atom stereocenters. The number of hydrogen-bond acceptors (Lipinski definition) is 6. The number of rotatable bonds is 7. The molecule has 0 heterocycles. The minimum atomic E-state index is -0.528. The normalized spacial score (nSPS) is 11.0. The molecule has 2 rings (SSSR count). The summed E-state index contributed by atoms with van der Waals surface area (Å²) in [5, 5.41) is 18.0. The van der Waals surface area contributed by atoms with Crippen molar-refractivity contribution in [2.45, 2.75) is 13.8 Å². The van der Waals surface area contributed by atoms with Gasteiger partial charge in [0.2, 0.25) is 0 Å². The van der Waals surface area contributed by atoms with Crippen LogP contribution in [-0.2, 0) is 4.79 Å². The van der Waals surface area contributed by atoms with E-state index in [2.05, 4.69) is 15.8 Å². The van der Waals surface area contributed by atoms with Gasteiger partial charge in [0.05, 0.1) is 24.3 Å². The van der Waals surface area contributed by atoms with Gasteiger partial charge in [-0.15, -0.1) is 0 Å². The number of carbonyl (C=O) groups is 1. The molecule has 26 heavy (non-hydrogen) atoms. The molecule has 0 bridgehead atoms. The first kappa shape index (κ1) is 18.9. The largest absolute Gasteiger partial charge is 0.490 e. The molecule has 0 spiro atoms. The zero-order valence-electron chi connectivity index (χ0n) is 14.8. The number of anilines is 1. The predicted octanol–water partition coefficient (Wildman–Crippen LogP) is 2.86. The lowest BCUT2D eigenvalue weighted by atomic mass is 10.1. The summed E-state index contributed by atoms with van der Waals surface area (Å²) in [6.07, 6.45) is 0. The summed E-state index contributed by atoms with van der Waals surface area (Å²) in [6.45, 7) is 3.69. The molecule has 0 aliphatic rings. The minimum absolute atomic E-state index is 0.0581. The average Bonchev–Trinajstić information content (AvgIpc) is 2.65. The standard InChI is InChI=1S/C18H20N4O4/c1-12-4-7-15(8-5-12)19-11-18(23)21-20-13(2)14-6-9-17(26-3)16(10-14)22(24)25/h4-10,19H,11H2,1-3H3,(H,21,23)/b20-13+. The summed E-state index contributed by atoms with van der Waals surface area (Å²) >= 11 is 0. The van der Waals surface area contributed by atoms with Gasteiger partial charge in [0, 0.05) is 17.3 Å². The van der Waals surface area contributed by atoms with Crippen molar-refractivity contribution in [1.82, 2.24) is 5.43 Å². The molecule has 8 nitrogen and oxygen atoms in total. The Hall–Kier alpha value is -3.42. The van der Waals surface area contributed by atoms with Crippen LogP contribution in [0, 0.1) is 17.0 Å². The van der Waals surface area contributed by atoms with E-state index in [-0.39, 0.29) is 23.9 Å². The van der Waals surface area contributed by atoms with Crippen LogP contribution in [-0.4, -0.2) is 30.2 Å². The minimum Gasteiger partial charge on any atom is -0.490 e. The van der Waals surface area contributed by atoms with Gasteiger partial charge in [0.1, 0.15) is 0 Å². The first-order valence-corrected chi connectivity index (χ1v) is 7.87. The van der Waals surface area contributed by atoms with Crippen LogP contribution < -0.4 is 15.5 Å². The molecule has 1 amide bonds. The summed E-state index contributed by atoms with van der Waals surface area (Å²) in [6, 6.07) is 12.1. The van der Waals surface area contributed by atoms with Gasteiger partial charge < -0.3 is 10.1 Å². The Morgan fingerprint density at radius 2 is 1.92 bits per heavy atom. The highest BCUT2D eigenvalue weighted by Gasteiger charge is 2.16. The lowest BCUT2D eigenvalue weighted by Gasteiger charge is -2.07. The summed E-state index contributed by atoms with van der Waals surface area (Å²) < 4.78 is 4.96. The van der Waals surface area contributed by atoms with E-state index in [0.717, 1.165) is 11.3 Å². The van der Waals surface area contributed by atoms with Crippen molar-refractivity contribution < 1.29 is 14.5 Å². The number of nitrogens with zero attached hydrogens (tertiary/aromatic N) is 2. The maximum absolute atomic E-state index is 11.9. The van der Waals surface area contributed by atoms with Crippen LogP contribution in [0.1, 0.15) is 18.1 Å². The molecule has 0 unspecified atom stereocenters. The van der Waals surface area contributed by atoms with Gasteiger partial charge >= 0.3 is 5.69 Å². The Kier molecular flexibility index (Phi) is 6.26. The second-order valence-electron chi connectivity index (χ2n) is 5.60. The van der Waals surface area contributed by atoms with Gasteiger partial charge in [0.25, 0.3) is 5.91 Å². The molecule has 0 aromatic heterocycles. The molecular formula is C18H20N4O4. The Labute approximate surface area is 151 Å². The maximum atomic E-state index is 11.9. The third kappa shape index (κ3) is 5.04. The van der Waals surface area contributed by atoms with Crippen molar-refractivity contribution in [1.29, 1.82) is 0 Å². The van der Waals surface area contributed by atoms with E-state index in [1.54, 1.807) is 13.0 Å². The monoisotopic (exact) mass is 356 g/mol. The van der Waals surface area contributed by atoms with Gasteiger partial charge in [-0.25, -0.2) is 5.43 Å². The van der Waals surface area contributed by atoms with Crippen molar-refractivity contribution >= 4 is 23.0 Å². The Bertz CT molecular complexity index is 832. The van der Waals surface area contributed by atoms with Crippen molar-refractivity contribution in [3.05, 3.63) is 63.7 Å². The van der Waals surface area contributed by atoms with E-state index < -0.39 is 4.92 Å². The lowest BCUT2D eigenvalue weighted by Crippen LogP contribution is -2.26. The smallest absolute Gasteiger partial charge is 0.311 e. The van der Waals surface area contributed by atoms with Crippen LogP contribution in [0.3, 0.4) is 0 Å². The zero-order valence-corrected chi connectivity index (χ0v) is 14.8. The number of amides is 1. The molecule has 0 radical (unpaired) electrons. The number of aryl methyl sites for hydroxylation is 1. The van der Waals surface area contributed by atoms with E-state index in [1.165, 1.54) is 19.2 Å². The molecular weight excluding hydrogens is 336 g/mol. The Morgan fingerprint density at radius 1 is 1.23 bits per heavy atom. The number of hydrogen-bond donors (Lipinski definition) is 2. The lowest BCUT2D eigenvalue weighted by molar-refractivity contribution is -0.385. The number of carbonyl (C=O) groups excluding carboxylic acids is 1. The average molecular weight is 356 g/mol. The number of nitrogens with one attached hydrogen (secondary N) is 2. The van der Waals surface area contributed by atoms with Crippen molar-refractivity contribution in [2.24, 2.45) is 5.10 Å². The number of nitro benzene ring substituents is 1. The van der Waals surface area contributed by atoms with Crippen LogP contribution in [0.4, 0.5) is 11.4 Å². The van der Waals surface area contributed by atoms with Crippen LogP contribution in [0.25, 0.3) is 0 Å². The molecule has 2 aromatic carbocycles. The number of nitro groups is 1. The van der Waals surface area contributed by atoms with Gasteiger partial charge in [-0.2, -0.15) is 5.10 Å². The number of benzene rings is 2. The fourth-order valence-corrected chi connectivity index (χ4v) is 2.16. The van der Waals surface area contributed by atoms with E-state index in [9.17, 15) is 14.9 Å². The SMILES string of the molecule is COc1ccc(/C(C)=N/NC(=O)CNc2ccc(C)cc2)cc1[N+](=O)[O-]. The van der Waals surface area contributed by atoms with Crippen LogP contribution >= 0.6 is 0 Å². The van der Waals surface area contributed by atoms with Gasteiger partial charge in [-0.3, -0.25) is 14.9 Å². The van der Waals surface area contributed by atoms with E-state index >= 15 is 0 Å². The topological polar surface area (TPSA) is 106 Å². The van der Waals surface area contributed by atoms with Crippen molar-refractivity contribution in [3.8, 4) is 5.75 Å². The van der Waals surface area contributed by atoms with E-state index in [0.29, 0.717) is 11.3 Å². The quantitative estimate of drug-likeness (QED) is 0.451. The first-order valence-electron chi connectivity index (χ1n) is 7.87. The highest BCUT2D eigenvalue weighted by molar-refractivity contribution is 6.00. The van der Waals surface area contributed by atoms with Crippen LogP contribution in [0.15, 0.2) is 47.6 Å². The molecule has 0 aliphatic heterocycles.